The summed E-state index contributed by atoms with van der Waals surface area (Å²) < 4.78 is 38.9. The first kappa shape index (κ1) is 15.9. The Bertz CT molecular complexity index is 380. The Morgan fingerprint density at radius 2 is 1.37 bits per heavy atom. The van der Waals surface area contributed by atoms with Gasteiger partial charge in [-0.05, 0) is 6.42 Å². The predicted octanol–water partition coefficient (Wildman–Crippen LogP) is 5.27. The summed E-state index contributed by atoms with van der Waals surface area (Å²) in [7, 11) is 0. The molecular formula is C15H22F3N. The zero-order valence-electron chi connectivity index (χ0n) is 11.4. The van der Waals surface area contributed by atoms with Gasteiger partial charge in [0.1, 0.15) is 5.82 Å². The molecular weight excluding hydrogens is 251 g/mol. The Morgan fingerprint density at radius 1 is 0.789 bits per heavy atom. The summed E-state index contributed by atoms with van der Waals surface area (Å²) in [4.78, 5) is 0. The number of hydrogen-bond acceptors (Lipinski definition) is 1. The topological polar surface area (TPSA) is 12.0 Å². The van der Waals surface area contributed by atoms with E-state index in [1.165, 1.54) is 32.1 Å². The summed E-state index contributed by atoms with van der Waals surface area (Å²) in [6.45, 7) is 2.76. The first-order valence-electron chi connectivity index (χ1n) is 7.03. The van der Waals surface area contributed by atoms with Crippen molar-refractivity contribution in [3.8, 4) is 0 Å². The molecule has 0 spiro atoms. The number of halogens is 3. The standard InChI is InChI=1S/C15H22F3N/c1-2-3-4-5-6-7-8-9-19-15-11-13(17)12(16)10-14(15)18/h10-11,19H,2-9H2,1H3. The first-order valence-corrected chi connectivity index (χ1v) is 7.03. The summed E-state index contributed by atoms with van der Waals surface area (Å²) in [5, 5.41) is 2.80. The van der Waals surface area contributed by atoms with Gasteiger partial charge in [0.05, 0.1) is 5.69 Å². The molecule has 0 atom stereocenters. The van der Waals surface area contributed by atoms with E-state index in [9.17, 15) is 13.2 Å². The van der Waals surface area contributed by atoms with Crippen molar-refractivity contribution in [1.29, 1.82) is 0 Å². The van der Waals surface area contributed by atoms with Crippen molar-refractivity contribution in [2.75, 3.05) is 11.9 Å². The largest absolute Gasteiger partial charge is 0.383 e. The van der Waals surface area contributed by atoms with Gasteiger partial charge in [-0.2, -0.15) is 0 Å². The molecule has 1 rings (SSSR count). The van der Waals surface area contributed by atoms with Gasteiger partial charge in [0, 0.05) is 18.7 Å². The first-order chi connectivity index (χ1) is 9.15. The molecule has 4 heteroatoms. The molecule has 1 N–H and O–H groups in total. The van der Waals surface area contributed by atoms with E-state index >= 15 is 0 Å². The summed E-state index contributed by atoms with van der Waals surface area (Å²) in [5.41, 5.74) is 0.0323. The van der Waals surface area contributed by atoms with Crippen LogP contribution in [0.2, 0.25) is 0 Å². The van der Waals surface area contributed by atoms with E-state index < -0.39 is 17.5 Å². The van der Waals surface area contributed by atoms with Gasteiger partial charge in [0.15, 0.2) is 11.6 Å². The second-order valence-electron chi connectivity index (χ2n) is 4.79. The highest BCUT2D eigenvalue weighted by atomic mass is 19.2. The van der Waals surface area contributed by atoms with Gasteiger partial charge in [-0.25, -0.2) is 13.2 Å². The molecule has 0 heterocycles. The van der Waals surface area contributed by atoms with Gasteiger partial charge in [0.2, 0.25) is 0 Å². The van der Waals surface area contributed by atoms with Crippen LogP contribution in [0.15, 0.2) is 12.1 Å². The summed E-state index contributed by atoms with van der Waals surface area (Å²) in [5.74, 6) is -2.93. The zero-order chi connectivity index (χ0) is 14.1. The molecule has 1 aromatic carbocycles. The van der Waals surface area contributed by atoms with Crippen LogP contribution in [0.5, 0.6) is 0 Å². The third kappa shape index (κ3) is 5.99. The van der Waals surface area contributed by atoms with Crippen molar-refractivity contribution >= 4 is 5.69 Å². The molecule has 0 aromatic heterocycles. The monoisotopic (exact) mass is 273 g/mol. The predicted molar refractivity (Wildman–Crippen MR) is 72.8 cm³/mol. The molecule has 1 nitrogen and oxygen atoms in total. The van der Waals surface area contributed by atoms with Crippen molar-refractivity contribution in [3.05, 3.63) is 29.6 Å². The third-order valence-corrected chi connectivity index (χ3v) is 3.11. The Labute approximate surface area is 113 Å². The number of benzene rings is 1. The lowest BCUT2D eigenvalue weighted by Crippen LogP contribution is -2.04. The van der Waals surface area contributed by atoms with Crippen LogP contribution in [0.25, 0.3) is 0 Å². The van der Waals surface area contributed by atoms with Gasteiger partial charge in [0.25, 0.3) is 0 Å². The van der Waals surface area contributed by atoms with Crippen LogP contribution in [0.3, 0.4) is 0 Å². The van der Waals surface area contributed by atoms with E-state index in [0.29, 0.717) is 12.6 Å². The van der Waals surface area contributed by atoms with Gasteiger partial charge in [-0.15, -0.1) is 0 Å². The van der Waals surface area contributed by atoms with Crippen LogP contribution in [-0.4, -0.2) is 6.54 Å². The molecule has 0 amide bonds. The second kappa shape index (κ2) is 8.83. The highest BCUT2D eigenvalue weighted by Crippen LogP contribution is 2.18. The number of nitrogens with one attached hydrogen (secondary N) is 1. The third-order valence-electron chi connectivity index (χ3n) is 3.11. The minimum Gasteiger partial charge on any atom is -0.383 e. The van der Waals surface area contributed by atoms with Gasteiger partial charge < -0.3 is 5.32 Å². The molecule has 1 aromatic rings. The van der Waals surface area contributed by atoms with Crippen molar-refractivity contribution in [3.63, 3.8) is 0 Å². The number of hydrogen-bond donors (Lipinski definition) is 1. The fraction of sp³-hybridized carbons (Fsp3) is 0.600. The second-order valence-corrected chi connectivity index (χ2v) is 4.79. The summed E-state index contributed by atoms with van der Waals surface area (Å²) >= 11 is 0. The van der Waals surface area contributed by atoms with E-state index in [4.69, 9.17) is 0 Å². The Balaban J connectivity index is 2.17. The average molecular weight is 273 g/mol. The van der Waals surface area contributed by atoms with Crippen LogP contribution >= 0.6 is 0 Å². The fourth-order valence-corrected chi connectivity index (χ4v) is 1.96. The lowest BCUT2D eigenvalue weighted by atomic mass is 10.1. The van der Waals surface area contributed by atoms with E-state index in [2.05, 4.69) is 12.2 Å². The van der Waals surface area contributed by atoms with Crippen molar-refractivity contribution < 1.29 is 13.2 Å². The van der Waals surface area contributed by atoms with Crippen molar-refractivity contribution in [2.45, 2.75) is 51.9 Å². The molecule has 0 saturated heterocycles. The van der Waals surface area contributed by atoms with Gasteiger partial charge >= 0.3 is 0 Å². The van der Waals surface area contributed by atoms with Crippen molar-refractivity contribution in [1.82, 2.24) is 0 Å². The fourth-order valence-electron chi connectivity index (χ4n) is 1.96. The normalized spacial score (nSPS) is 10.7. The van der Waals surface area contributed by atoms with Crippen molar-refractivity contribution in [2.24, 2.45) is 0 Å². The molecule has 108 valence electrons. The molecule has 19 heavy (non-hydrogen) atoms. The maximum Gasteiger partial charge on any atom is 0.161 e. The quantitative estimate of drug-likeness (QED) is 0.477. The molecule has 0 aliphatic heterocycles. The van der Waals surface area contributed by atoms with E-state index in [0.717, 1.165) is 18.9 Å². The van der Waals surface area contributed by atoms with Crippen LogP contribution < -0.4 is 5.32 Å². The van der Waals surface area contributed by atoms with Crippen LogP contribution in [0.4, 0.5) is 18.9 Å². The number of unbranched alkanes of at least 4 members (excludes halogenated alkanes) is 6. The maximum absolute atomic E-state index is 13.3. The Morgan fingerprint density at radius 3 is 2.05 bits per heavy atom. The molecule has 0 bridgehead atoms. The van der Waals surface area contributed by atoms with Crippen LogP contribution in [0, 0.1) is 17.5 Å². The average Bonchev–Trinajstić information content (AvgIpc) is 2.38. The lowest BCUT2D eigenvalue weighted by molar-refractivity contribution is 0.496. The molecule has 0 aliphatic rings. The van der Waals surface area contributed by atoms with Gasteiger partial charge in [-0.1, -0.05) is 45.4 Å². The van der Waals surface area contributed by atoms with Gasteiger partial charge in [-0.3, -0.25) is 0 Å². The van der Waals surface area contributed by atoms with E-state index in [-0.39, 0.29) is 5.69 Å². The zero-order valence-corrected chi connectivity index (χ0v) is 11.4. The minimum atomic E-state index is -1.15. The van der Waals surface area contributed by atoms with Crippen LogP contribution in [-0.2, 0) is 0 Å². The minimum absolute atomic E-state index is 0.0323. The lowest BCUT2D eigenvalue weighted by Gasteiger charge is -2.08. The number of anilines is 1. The van der Waals surface area contributed by atoms with E-state index in [1.54, 1.807) is 0 Å². The Kier molecular flexibility index (Phi) is 7.38. The Hall–Kier alpha value is -1.19. The molecule has 0 unspecified atom stereocenters. The molecule has 0 saturated carbocycles. The highest BCUT2D eigenvalue weighted by Gasteiger charge is 2.08. The SMILES string of the molecule is CCCCCCCCCNc1cc(F)c(F)cc1F. The van der Waals surface area contributed by atoms with Crippen LogP contribution in [0.1, 0.15) is 51.9 Å². The molecule has 0 fully saturated rings. The summed E-state index contributed by atoms with van der Waals surface area (Å²) in [6, 6.07) is 1.44. The molecule has 0 aliphatic carbocycles. The smallest absolute Gasteiger partial charge is 0.161 e. The van der Waals surface area contributed by atoms with E-state index in [1.807, 2.05) is 0 Å². The maximum atomic E-state index is 13.3. The summed E-state index contributed by atoms with van der Waals surface area (Å²) in [6.07, 6.45) is 8.15. The molecule has 0 radical (unpaired) electrons. The highest BCUT2D eigenvalue weighted by molar-refractivity contribution is 5.45. The number of rotatable bonds is 9.